The van der Waals surface area contributed by atoms with E-state index in [2.05, 4.69) is 25.7 Å². The van der Waals surface area contributed by atoms with Crippen molar-refractivity contribution in [3.05, 3.63) is 11.3 Å². The summed E-state index contributed by atoms with van der Waals surface area (Å²) in [7, 11) is 0. The Hall–Kier alpha value is -1.07. The Labute approximate surface area is 134 Å². The van der Waals surface area contributed by atoms with Crippen molar-refractivity contribution < 1.29 is 9.84 Å². The molecule has 1 N–H and O–H groups in total. The highest BCUT2D eigenvalue weighted by atomic mass is 16.5. The second-order valence-electron chi connectivity index (χ2n) is 6.78. The highest BCUT2D eigenvalue weighted by Crippen LogP contribution is 2.27. The van der Waals surface area contributed by atoms with Gasteiger partial charge in [-0.3, -0.25) is 4.90 Å². The number of rotatable bonds is 7. The maximum atomic E-state index is 9.26. The van der Waals surface area contributed by atoms with E-state index in [0.717, 1.165) is 50.6 Å². The van der Waals surface area contributed by atoms with Crippen LogP contribution in [0.1, 0.15) is 44.9 Å². The lowest BCUT2D eigenvalue weighted by atomic mass is 9.97. The smallest absolute Gasteiger partial charge is 0.216 e. The molecule has 22 heavy (non-hydrogen) atoms. The Bertz CT molecular complexity index is 463. The molecule has 0 atom stereocenters. The molecule has 1 aliphatic rings. The van der Waals surface area contributed by atoms with Crippen LogP contribution in [0.3, 0.4) is 0 Å². The summed E-state index contributed by atoms with van der Waals surface area (Å²) in [5.41, 5.74) is 2.30. The van der Waals surface area contributed by atoms with E-state index >= 15 is 0 Å². The van der Waals surface area contributed by atoms with Gasteiger partial charge in [0.1, 0.15) is 0 Å². The van der Waals surface area contributed by atoms with Crippen molar-refractivity contribution in [3.63, 3.8) is 0 Å². The molecular formula is C17H31N3O2. The average molecular weight is 309 g/mol. The Balaban J connectivity index is 2.10. The molecule has 0 radical (unpaired) electrons. The molecule has 0 saturated carbocycles. The monoisotopic (exact) mass is 309 g/mol. The van der Waals surface area contributed by atoms with Crippen molar-refractivity contribution in [2.24, 2.45) is 11.8 Å². The summed E-state index contributed by atoms with van der Waals surface area (Å²) in [5.74, 6) is 1.97. The normalized spacial score (nSPS) is 17.4. The highest BCUT2D eigenvalue weighted by molar-refractivity contribution is 5.31. The van der Waals surface area contributed by atoms with Crippen LogP contribution in [0.25, 0.3) is 0 Å². The second kappa shape index (κ2) is 7.97. The van der Waals surface area contributed by atoms with Crippen molar-refractivity contribution >= 4 is 0 Å². The number of aryl methyl sites for hydroxylation is 1. The number of hydrogen-bond acceptors (Lipinski definition) is 4. The van der Waals surface area contributed by atoms with E-state index < -0.39 is 0 Å². The van der Waals surface area contributed by atoms with Gasteiger partial charge < -0.3 is 9.84 Å². The molecule has 2 heterocycles. The maximum absolute atomic E-state index is 9.26. The Morgan fingerprint density at radius 3 is 2.55 bits per heavy atom. The summed E-state index contributed by atoms with van der Waals surface area (Å²) >= 11 is 0. The minimum atomic E-state index is 0.323. The minimum absolute atomic E-state index is 0.323. The van der Waals surface area contributed by atoms with Gasteiger partial charge in [0.05, 0.1) is 17.9 Å². The fraction of sp³-hybridized carbons (Fsp3) is 0.824. The predicted octanol–water partition coefficient (Wildman–Crippen LogP) is 2.45. The first-order chi connectivity index (χ1) is 10.5. The zero-order valence-electron chi connectivity index (χ0n) is 14.5. The molecule has 1 aliphatic heterocycles. The third-order valence-corrected chi connectivity index (χ3v) is 4.37. The lowest BCUT2D eigenvalue weighted by Crippen LogP contribution is -2.34. The van der Waals surface area contributed by atoms with Crippen LogP contribution in [0.2, 0.25) is 0 Å². The second-order valence-corrected chi connectivity index (χ2v) is 6.78. The van der Waals surface area contributed by atoms with E-state index in [-0.39, 0.29) is 0 Å². The molecule has 0 aromatic carbocycles. The summed E-state index contributed by atoms with van der Waals surface area (Å²) in [6.45, 7) is 13.4. The van der Waals surface area contributed by atoms with Crippen LogP contribution < -0.4 is 4.74 Å². The zero-order chi connectivity index (χ0) is 16.1. The molecule has 0 amide bonds. The van der Waals surface area contributed by atoms with Crippen LogP contribution in [-0.4, -0.2) is 46.1 Å². The van der Waals surface area contributed by atoms with Gasteiger partial charge in [-0.25, -0.2) is 4.68 Å². The van der Waals surface area contributed by atoms with Gasteiger partial charge in [-0.2, -0.15) is 5.10 Å². The van der Waals surface area contributed by atoms with Crippen molar-refractivity contribution in [2.45, 2.75) is 53.6 Å². The lowest BCUT2D eigenvalue weighted by molar-refractivity contribution is 0.126. The number of likely N-dealkylation sites (tertiary alicyclic amines) is 1. The molecule has 1 aromatic heterocycles. The number of aliphatic hydroxyl groups excluding tert-OH is 1. The van der Waals surface area contributed by atoms with Gasteiger partial charge in [-0.05, 0) is 51.6 Å². The van der Waals surface area contributed by atoms with Gasteiger partial charge >= 0.3 is 0 Å². The van der Waals surface area contributed by atoms with Gasteiger partial charge in [0.2, 0.25) is 5.88 Å². The summed E-state index contributed by atoms with van der Waals surface area (Å²) in [5, 5.41) is 14.0. The van der Waals surface area contributed by atoms with E-state index in [9.17, 15) is 5.11 Å². The topological polar surface area (TPSA) is 50.5 Å². The molecule has 1 fully saturated rings. The fourth-order valence-corrected chi connectivity index (χ4v) is 3.10. The summed E-state index contributed by atoms with van der Waals surface area (Å²) in [6.07, 6.45) is 2.17. The van der Waals surface area contributed by atoms with E-state index in [4.69, 9.17) is 9.84 Å². The van der Waals surface area contributed by atoms with Crippen molar-refractivity contribution in [1.29, 1.82) is 0 Å². The summed E-state index contributed by atoms with van der Waals surface area (Å²) in [4.78, 5) is 2.46. The zero-order valence-corrected chi connectivity index (χ0v) is 14.5. The molecule has 5 heteroatoms. The molecule has 5 nitrogen and oxygen atoms in total. The number of ether oxygens (including phenoxy) is 1. The number of piperidine rings is 1. The van der Waals surface area contributed by atoms with E-state index in [1.807, 2.05) is 11.6 Å². The number of aliphatic hydroxyl groups is 1. The van der Waals surface area contributed by atoms with Gasteiger partial charge in [0.25, 0.3) is 0 Å². The molecule has 0 unspecified atom stereocenters. The summed E-state index contributed by atoms with van der Waals surface area (Å²) < 4.78 is 7.93. The third kappa shape index (κ3) is 4.23. The Kier molecular flexibility index (Phi) is 6.26. The van der Waals surface area contributed by atoms with Gasteiger partial charge in [-0.1, -0.05) is 13.8 Å². The number of nitrogens with zero attached hydrogens (tertiary/aromatic N) is 3. The highest BCUT2D eigenvalue weighted by Gasteiger charge is 2.23. The maximum Gasteiger partial charge on any atom is 0.216 e. The minimum Gasteiger partial charge on any atom is -0.478 e. The Morgan fingerprint density at radius 2 is 2.00 bits per heavy atom. The Morgan fingerprint density at radius 1 is 1.32 bits per heavy atom. The van der Waals surface area contributed by atoms with E-state index in [1.54, 1.807) is 0 Å². The van der Waals surface area contributed by atoms with Gasteiger partial charge in [0, 0.05) is 19.7 Å². The average Bonchev–Trinajstić information content (AvgIpc) is 2.76. The van der Waals surface area contributed by atoms with Crippen molar-refractivity contribution in [2.75, 3.05) is 26.3 Å². The molecule has 2 rings (SSSR count). The van der Waals surface area contributed by atoms with Crippen LogP contribution in [-0.2, 0) is 13.1 Å². The van der Waals surface area contributed by atoms with Crippen molar-refractivity contribution in [3.8, 4) is 5.88 Å². The van der Waals surface area contributed by atoms with E-state index in [1.165, 1.54) is 5.56 Å². The lowest BCUT2D eigenvalue weighted by Gasteiger charge is -2.31. The molecule has 0 bridgehead atoms. The molecule has 126 valence electrons. The first-order valence-electron chi connectivity index (χ1n) is 8.57. The number of hydrogen-bond donors (Lipinski definition) is 1. The van der Waals surface area contributed by atoms with Crippen LogP contribution in [0.5, 0.6) is 5.88 Å². The quantitative estimate of drug-likeness (QED) is 0.840. The van der Waals surface area contributed by atoms with Crippen LogP contribution in [0, 0.1) is 18.8 Å². The summed E-state index contributed by atoms with van der Waals surface area (Å²) in [6, 6.07) is 0. The fourth-order valence-electron chi connectivity index (χ4n) is 3.10. The van der Waals surface area contributed by atoms with Crippen LogP contribution >= 0.6 is 0 Å². The van der Waals surface area contributed by atoms with Gasteiger partial charge in [0.15, 0.2) is 0 Å². The van der Waals surface area contributed by atoms with Crippen molar-refractivity contribution in [1.82, 2.24) is 14.7 Å². The molecule has 0 spiro atoms. The molecular weight excluding hydrogens is 278 g/mol. The SMILES string of the molecule is CCOc1c(CN2CCC(CO)CC2)c(C)nn1CC(C)C. The first-order valence-corrected chi connectivity index (χ1v) is 8.57. The first kappa shape index (κ1) is 17.3. The van der Waals surface area contributed by atoms with Crippen LogP contribution in [0.4, 0.5) is 0 Å². The van der Waals surface area contributed by atoms with Gasteiger partial charge in [-0.15, -0.1) is 0 Å². The van der Waals surface area contributed by atoms with E-state index in [0.29, 0.717) is 25.0 Å². The van der Waals surface area contributed by atoms with Crippen LogP contribution in [0.15, 0.2) is 0 Å². The number of aromatic nitrogens is 2. The largest absolute Gasteiger partial charge is 0.478 e. The predicted molar refractivity (Wildman–Crippen MR) is 88.1 cm³/mol. The molecule has 0 aliphatic carbocycles. The third-order valence-electron chi connectivity index (χ3n) is 4.37. The molecule has 1 saturated heterocycles. The molecule has 1 aromatic rings. The standard InChI is InChI=1S/C17H31N3O2/c1-5-22-17-16(14(4)18-20(17)10-13(2)3)11-19-8-6-15(12-21)7-9-19/h13,15,21H,5-12H2,1-4H3.